The van der Waals surface area contributed by atoms with Crippen molar-refractivity contribution >= 4 is 21.9 Å². The van der Waals surface area contributed by atoms with Gasteiger partial charge in [-0.1, -0.05) is 36.4 Å². The van der Waals surface area contributed by atoms with Crippen LogP contribution >= 0.6 is 0 Å². The summed E-state index contributed by atoms with van der Waals surface area (Å²) in [5, 5.41) is 0. The van der Waals surface area contributed by atoms with E-state index in [2.05, 4.69) is 8.92 Å². The Morgan fingerprint density at radius 2 is 2.00 bits per heavy atom. The Morgan fingerprint density at radius 3 is 2.62 bits per heavy atom. The summed E-state index contributed by atoms with van der Waals surface area (Å²) in [5.74, 6) is -5.57. The smallest absolute Gasteiger partial charge is 0.340 e. The van der Waals surface area contributed by atoms with Crippen LogP contribution in [0.3, 0.4) is 0 Å². The molecule has 29 heavy (non-hydrogen) atoms. The van der Waals surface area contributed by atoms with Crippen LogP contribution in [-0.2, 0) is 34.3 Å². The van der Waals surface area contributed by atoms with E-state index < -0.39 is 62.2 Å². The molecule has 0 saturated heterocycles. The number of hydrogen-bond donors (Lipinski definition) is 1. The molecular formula is C19H16FNO7S. The SMILES string of the molecule is [2H]C([2H])(c1ccccc1)S(=O)(=O)OC1=C(N)O[C@]([2H])(c2ccc(C(=O)OC)c(F)c2)C1=O. The lowest BCUT2D eigenvalue weighted by Gasteiger charge is -2.11. The number of nitrogens with two attached hydrogens (primary N) is 1. The number of esters is 1. The first-order valence-electron chi connectivity index (χ1n) is 9.46. The number of Topliss-reactive ketones (excluding diaryl/α,β-unsaturated/α-hetero) is 1. The van der Waals surface area contributed by atoms with Gasteiger partial charge in [0.1, 0.15) is 11.5 Å². The second kappa shape index (κ2) is 7.92. The standard InChI is InChI=1S/C19H16FNO7S/c1-26-19(23)13-8-7-12(9-14(13)20)16-15(22)17(18(21)27-16)28-29(24,25)10-11-5-3-2-4-6-11/h2-9,16H,10,21H2,1H3/t16-/m1/s1/i10D2,16D. The predicted molar refractivity (Wildman–Crippen MR) is 97.9 cm³/mol. The molecule has 2 N–H and O–H groups in total. The Labute approximate surface area is 170 Å². The van der Waals surface area contributed by atoms with E-state index in [1.807, 2.05) is 0 Å². The second-order valence-electron chi connectivity index (χ2n) is 5.65. The van der Waals surface area contributed by atoms with Crippen LogP contribution in [-0.4, -0.2) is 27.3 Å². The van der Waals surface area contributed by atoms with Crippen molar-refractivity contribution in [2.45, 2.75) is 11.8 Å². The van der Waals surface area contributed by atoms with Gasteiger partial charge in [0.05, 0.1) is 16.8 Å². The van der Waals surface area contributed by atoms with E-state index in [-0.39, 0.29) is 5.56 Å². The molecule has 1 heterocycles. The minimum atomic E-state index is -5.15. The molecule has 1 atom stereocenters. The molecule has 0 unspecified atom stereocenters. The molecule has 2 aromatic carbocycles. The number of hydrogen-bond acceptors (Lipinski definition) is 8. The topological polar surface area (TPSA) is 122 Å². The summed E-state index contributed by atoms with van der Waals surface area (Å²) in [6.45, 7) is 0. The summed E-state index contributed by atoms with van der Waals surface area (Å²) >= 11 is 0. The van der Waals surface area contributed by atoms with Gasteiger partial charge in [0.25, 0.3) is 0 Å². The molecule has 0 fully saturated rings. The van der Waals surface area contributed by atoms with Crippen LogP contribution in [0.5, 0.6) is 0 Å². The molecule has 0 radical (unpaired) electrons. The Hall–Kier alpha value is -3.40. The Morgan fingerprint density at radius 1 is 1.31 bits per heavy atom. The highest BCUT2D eigenvalue weighted by Gasteiger charge is 2.40. The van der Waals surface area contributed by atoms with Gasteiger partial charge in [-0.05, 0) is 17.7 Å². The van der Waals surface area contributed by atoms with E-state index >= 15 is 0 Å². The number of ketones is 1. The summed E-state index contributed by atoms with van der Waals surface area (Å²) < 4.78 is 77.7. The van der Waals surface area contributed by atoms with Crippen molar-refractivity contribution in [1.82, 2.24) is 0 Å². The minimum Gasteiger partial charge on any atom is -0.465 e. The Bertz CT molecular complexity index is 1230. The zero-order valence-electron chi connectivity index (χ0n) is 17.8. The van der Waals surface area contributed by atoms with Gasteiger partial charge in [0.15, 0.2) is 6.08 Å². The first kappa shape index (κ1) is 16.5. The molecule has 0 spiro atoms. The lowest BCUT2D eigenvalue weighted by atomic mass is 10.0. The number of benzene rings is 2. The summed E-state index contributed by atoms with van der Waals surface area (Å²) in [6, 6.07) is 9.38. The molecule has 2 aromatic rings. The van der Waals surface area contributed by atoms with Crippen molar-refractivity contribution in [3.05, 3.63) is 82.7 Å². The molecule has 0 aliphatic carbocycles. The van der Waals surface area contributed by atoms with Crippen LogP contribution in [0.1, 0.15) is 31.7 Å². The molecule has 8 nitrogen and oxygen atoms in total. The third kappa shape index (κ3) is 4.37. The third-order valence-corrected chi connectivity index (χ3v) is 4.57. The van der Waals surface area contributed by atoms with Crippen LogP contribution in [0.4, 0.5) is 4.39 Å². The first-order chi connectivity index (χ1) is 14.8. The van der Waals surface area contributed by atoms with Crippen molar-refractivity contribution in [1.29, 1.82) is 0 Å². The minimum absolute atomic E-state index is 0.275. The fourth-order valence-corrected chi connectivity index (χ4v) is 3.24. The number of ether oxygens (including phenoxy) is 2. The van der Waals surface area contributed by atoms with Gasteiger partial charge in [-0.3, -0.25) is 4.79 Å². The first-order valence-corrected chi connectivity index (χ1v) is 9.37. The number of rotatable bonds is 6. The molecule has 0 saturated carbocycles. The molecule has 0 aromatic heterocycles. The number of carbonyl (C=O) groups excluding carboxylic acids is 2. The van der Waals surface area contributed by atoms with Gasteiger partial charge in [-0.2, -0.15) is 8.42 Å². The lowest BCUT2D eigenvalue weighted by Crippen LogP contribution is -2.16. The average molecular weight is 424 g/mol. The van der Waals surface area contributed by atoms with E-state index in [1.54, 1.807) is 6.07 Å². The monoisotopic (exact) mass is 424 g/mol. The van der Waals surface area contributed by atoms with Gasteiger partial charge >= 0.3 is 16.1 Å². The molecular weight excluding hydrogens is 405 g/mol. The molecule has 3 rings (SSSR count). The van der Waals surface area contributed by atoms with Crippen LogP contribution in [0.15, 0.2) is 60.2 Å². The quantitative estimate of drug-likeness (QED) is 0.551. The largest absolute Gasteiger partial charge is 0.465 e. The molecule has 0 amide bonds. The van der Waals surface area contributed by atoms with Crippen LogP contribution < -0.4 is 5.73 Å². The maximum absolute atomic E-state index is 14.3. The highest BCUT2D eigenvalue weighted by molar-refractivity contribution is 7.86. The molecule has 1 aliphatic heterocycles. The van der Waals surface area contributed by atoms with Crippen LogP contribution in [0.2, 0.25) is 0 Å². The van der Waals surface area contributed by atoms with Crippen molar-refractivity contribution in [2.24, 2.45) is 5.73 Å². The summed E-state index contributed by atoms with van der Waals surface area (Å²) in [6.07, 6.45) is -2.73. The van der Waals surface area contributed by atoms with Gasteiger partial charge in [0.2, 0.25) is 17.4 Å². The van der Waals surface area contributed by atoms with E-state index in [4.69, 9.17) is 14.6 Å². The highest BCUT2D eigenvalue weighted by Crippen LogP contribution is 2.33. The van der Waals surface area contributed by atoms with E-state index in [0.717, 1.165) is 19.2 Å². The highest BCUT2D eigenvalue weighted by atomic mass is 32.2. The number of halogens is 1. The molecule has 10 heteroatoms. The summed E-state index contributed by atoms with van der Waals surface area (Å²) in [7, 11) is -4.11. The van der Waals surface area contributed by atoms with Crippen molar-refractivity contribution in [3.8, 4) is 0 Å². The van der Waals surface area contributed by atoms with Crippen molar-refractivity contribution in [3.63, 3.8) is 0 Å². The maximum atomic E-state index is 14.3. The van der Waals surface area contributed by atoms with E-state index in [0.29, 0.717) is 6.07 Å². The van der Waals surface area contributed by atoms with Crippen LogP contribution in [0.25, 0.3) is 0 Å². The Balaban J connectivity index is 1.93. The third-order valence-electron chi connectivity index (χ3n) is 3.69. The Kier molecular flexibility index (Phi) is 4.52. The van der Waals surface area contributed by atoms with Gasteiger partial charge < -0.3 is 19.4 Å². The number of carbonyl (C=O) groups is 2. The normalized spacial score (nSPS) is 21.0. The van der Waals surface area contributed by atoms with E-state index in [1.165, 1.54) is 24.3 Å². The zero-order valence-corrected chi connectivity index (χ0v) is 15.7. The van der Waals surface area contributed by atoms with Crippen LogP contribution in [0, 0.1) is 5.82 Å². The fourth-order valence-electron chi connectivity index (χ4n) is 2.40. The number of methoxy groups -OCH3 is 1. The van der Waals surface area contributed by atoms with Gasteiger partial charge in [-0.15, -0.1) is 0 Å². The zero-order chi connectivity index (χ0) is 23.9. The fraction of sp³-hybridized carbons (Fsp3) is 0.158. The maximum Gasteiger partial charge on any atom is 0.340 e. The summed E-state index contributed by atoms with van der Waals surface area (Å²) in [5.41, 5.74) is 1.30. The molecule has 0 bridgehead atoms. The van der Waals surface area contributed by atoms with Gasteiger partial charge in [0, 0.05) is 5.56 Å². The summed E-state index contributed by atoms with van der Waals surface area (Å²) in [4.78, 5) is 24.3. The van der Waals surface area contributed by atoms with E-state index in [9.17, 15) is 22.4 Å². The molecule has 1 aliphatic rings. The van der Waals surface area contributed by atoms with Gasteiger partial charge in [-0.25, -0.2) is 9.18 Å². The second-order valence-corrected chi connectivity index (χ2v) is 6.92. The molecule has 152 valence electrons. The van der Waals surface area contributed by atoms with Crippen molar-refractivity contribution in [2.75, 3.05) is 7.11 Å². The lowest BCUT2D eigenvalue weighted by molar-refractivity contribution is -0.123. The predicted octanol–water partition coefficient (Wildman–Crippen LogP) is 1.93. The van der Waals surface area contributed by atoms with Crippen molar-refractivity contribution < 1.29 is 40.2 Å². The average Bonchev–Trinajstić information content (AvgIpc) is 2.97.